The molecule has 0 saturated heterocycles. The Bertz CT molecular complexity index is 266. The molecule has 0 heterocycles. The highest BCUT2D eigenvalue weighted by Crippen LogP contribution is 2.35. The average molecular weight is 226 g/mol. The van der Waals surface area contributed by atoms with Gasteiger partial charge in [0.1, 0.15) is 5.60 Å². The van der Waals surface area contributed by atoms with Gasteiger partial charge in [0, 0.05) is 5.57 Å². The fraction of sp³-hybridized carbons (Fsp3) is 0.786. The molecule has 0 N–H and O–H groups in total. The van der Waals surface area contributed by atoms with E-state index in [4.69, 9.17) is 4.74 Å². The molecule has 0 aliphatic carbocycles. The normalized spacial score (nSPS) is 15.4. The number of rotatable bonds is 6. The van der Waals surface area contributed by atoms with E-state index in [1.54, 1.807) is 6.92 Å². The molecular formula is C14H26O2. The Hall–Kier alpha value is -0.790. The minimum absolute atomic E-state index is 0.195. The highest BCUT2D eigenvalue weighted by atomic mass is 16.6. The van der Waals surface area contributed by atoms with Gasteiger partial charge in [0.25, 0.3) is 0 Å². The Labute approximate surface area is 100 Å². The lowest BCUT2D eigenvalue weighted by molar-refractivity contribution is -0.156. The number of carbonyl (C=O) groups excluding carboxylic acids is 1. The summed E-state index contributed by atoms with van der Waals surface area (Å²) in [6.45, 7) is 15.9. The molecule has 0 radical (unpaired) electrons. The summed E-state index contributed by atoms with van der Waals surface area (Å²) in [6.07, 6.45) is 2.79. The van der Waals surface area contributed by atoms with Crippen molar-refractivity contribution in [3.63, 3.8) is 0 Å². The van der Waals surface area contributed by atoms with Gasteiger partial charge in [-0.25, -0.2) is 4.79 Å². The number of hydrogen-bond acceptors (Lipinski definition) is 2. The molecule has 0 saturated carbocycles. The molecule has 0 rings (SSSR count). The average Bonchev–Trinajstić information content (AvgIpc) is 2.16. The molecule has 0 aliphatic rings. The molecule has 0 spiro atoms. The van der Waals surface area contributed by atoms with Crippen LogP contribution in [0.4, 0.5) is 0 Å². The Morgan fingerprint density at radius 2 is 1.69 bits per heavy atom. The molecule has 0 aromatic carbocycles. The second kappa shape index (κ2) is 5.51. The van der Waals surface area contributed by atoms with Crippen LogP contribution < -0.4 is 0 Å². The van der Waals surface area contributed by atoms with E-state index in [1.165, 1.54) is 0 Å². The zero-order valence-corrected chi connectivity index (χ0v) is 11.6. The number of carbonyl (C=O) groups is 1. The first-order chi connectivity index (χ1) is 7.16. The van der Waals surface area contributed by atoms with Gasteiger partial charge in [0.2, 0.25) is 0 Å². The third kappa shape index (κ3) is 4.82. The predicted octanol–water partition coefficient (Wildman–Crippen LogP) is 4.10. The van der Waals surface area contributed by atoms with Gasteiger partial charge in [-0.05, 0) is 32.1 Å². The zero-order valence-electron chi connectivity index (χ0n) is 11.6. The summed E-state index contributed by atoms with van der Waals surface area (Å²) < 4.78 is 5.55. The fourth-order valence-electron chi connectivity index (χ4n) is 1.68. The lowest BCUT2D eigenvalue weighted by Crippen LogP contribution is -2.36. The molecular weight excluding hydrogens is 200 g/mol. The highest BCUT2D eigenvalue weighted by molar-refractivity contribution is 5.87. The third-order valence-electron chi connectivity index (χ3n) is 3.25. The Kier molecular flexibility index (Phi) is 5.24. The highest BCUT2D eigenvalue weighted by Gasteiger charge is 2.33. The van der Waals surface area contributed by atoms with E-state index < -0.39 is 0 Å². The van der Waals surface area contributed by atoms with Crippen LogP contribution in [0.2, 0.25) is 0 Å². The largest absolute Gasteiger partial charge is 0.456 e. The summed E-state index contributed by atoms with van der Waals surface area (Å²) in [6, 6.07) is 0. The van der Waals surface area contributed by atoms with Crippen molar-refractivity contribution in [2.24, 2.45) is 5.41 Å². The van der Waals surface area contributed by atoms with Crippen molar-refractivity contribution in [3.05, 3.63) is 12.2 Å². The maximum Gasteiger partial charge on any atom is 0.333 e. The van der Waals surface area contributed by atoms with Crippen LogP contribution >= 0.6 is 0 Å². The summed E-state index contributed by atoms with van der Waals surface area (Å²) in [5.41, 5.74) is 0.282. The molecule has 16 heavy (non-hydrogen) atoms. The molecule has 0 aliphatic heterocycles. The van der Waals surface area contributed by atoms with E-state index in [1.807, 2.05) is 6.92 Å². The minimum atomic E-state index is -0.379. The molecule has 2 heteroatoms. The van der Waals surface area contributed by atoms with Crippen molar-refractivity contribution < 1.29 is 9.53 Å². The summed E-state index contributed by atoms with van der Waals surface area (Å²) >= 11 is 0. The van der Waals surface area contributed by atoms with E-state index in [2.05, 4.69) is 34.3 Å². The van der Waals surface area contributed by atoms with Gasteiger partial charge in [-0.1, -0.05) is 40.7 Å². The quantitative estimate of drug-likeness (QED) is 0.503. The van der Waals surface area contributed by atoms with Gasteiger partial charge in [-0.15, -0.1) is 0 Å². The van der Waals surface area contributed by atoms with Gasteiger partial charge >= 0.3 is 5.97 Å². The molecule has 0 fully saturated rings. The fourth-order valence-corrected chi connectivity index (χ4v) is 1.68. The van der Waals surface area contributed by atoms with Crippen LogP contribution in [0.15, 0.2) is 12.2 Å². The smallest absolute Gasteiger partial charge is 0.333 e. The SMILES string of the molecule is C=C(C)C(=O)OC(C)(CC)CC(C)(C)CC. The molecule has 0 aromatic rings. The van der Waals surface area contributed by atoms with Gasteiger partial charge in [0.15, 0.2) is 0 Å². The second-order valence-corrected chi connectivity index (χ2v) is 5.67. The lowest BCUT2D eigenvalue weighted by Gasteiger charge is -2.36. The van der Waals surface area contributed by atoms with E-state index >= 15 is 0 Å². The maximum atomic E-state index is 11.6. The van der Waals surface area contributed by atoms with Gasteiger partial charge in [-0.2, -0.15) is 0 Å². The second-order valence-electron chi connectivity index (χ2n) is 5.67. The Balaban J connectivity index is 4.66. The van der Waals surface area contributed by atoms with Crippen molar-refractivity contribution in [3.8, 4) is 0 Å². The molecule has 1 atom stereocenters. The molecule has 0 aromatic heterocycles. The lowest BCUT2D eigenvalue weighted by atomic mass is 9.78. The van der Waals surface area contributed by atoms with E-state index in [0.717, 1.165) is 19.3 Å². The van der Waals surface area contributed by atoms with Crippen molar-refractivity contribution in [2.45, 2.75) is 66.4 Å². The summed E-state index contributed by atoms with van der Waals surface area (Å²) in [5.74, 6) is -0.281. The van der Waals surface area contributed by atoms with Crippen molar-refractivity contribution in [2.75, 3.05) is 0 Å². The third-order valence-corrected chi connectivity index (χ3v) is 3.25. The van der Waals surface area contributed by atoms with E-state index in [0.29, 0.717) is 5.57 Å². The Morgan fingerprint density at radius 3 is 2.00 bits per heavy atom. The van der Waals surface area contributed by atoms with Crippen LogP contribution in [-0.4, -0.2) is 11.6 Å². The number of esters is 1. The molecule has 2 nitrogen and oxygen atoms in total. The zero-order chi connectivity index (χ0) is 13.0. The first-order valence-electron chi connectivity index (χ1n) is 6.04. The van der Waals surface area contributed by atoms with Gasteiger partial charge < -0.3 is 4.74 Å². The Morgan fingerprint density at radius 1 is 1.19 bits per heavy atom. The minimum Gasteiger partial charge on any atom is -0.456 e. The van der Waals surface area contributed by atoms with Crippen LogP contribution in [0.5, 0.6) is 0 Å². The maximum absolute atomic E-state index is 11.6. The van der Waals surface area contributed by atoms with E-state index in [9.17, 15) is 4.79 Å². The monoisotopic (exact) mass is 226 g/mol. The first-order valence-corrected chi connectivity index (χ1v) is 6.04. The predicted molar refractivity (Wildman–Crippen MR) is 68.3 cm³/mol. The van der Waals surface area contributed by atoms with Crippen LogP contribution in [0.3, 0.4) is 0 Å². The summed E-state index contributed by atoms with van der Waals surface area (Å²) in [7, 11) is 0. The molecule has 0 amide bonds. The van der Waals surface area contributed by atoms with Crippen LogP contribution in [0.1, 0.15) is 60.8 Å². The van der Waals surface area contributed by atoms with Crippen molar-refractivity contribution >= 4 is 5.97 Å². The van der Waals surface area contributed by atoms with Crippen molar-refractivity contribution in [1.29, 1.82) is 0 Å². The van der Waals surface area contributed by atoms with Gasteiger partial charge in [-0.3, -0.25) is 0 Å². The van der Waals surface area contributed by atoms with Crippen molar-refractivity contribution in [1.82, 2.24) is 0 Å². The standard InChI is InChI=1S/C14H26O2/c1-8-13(5,6)10-14(7,9-2)16-12(15)11(3)4/h3,8-10H2,1-2,4-7H3. The number of hydrogen-bond donors (Lipinski definition) is 0. The number of ether oxygens (including phenoxy) is 1. The molecule has 94 valence electrons. The summed E-state index contributed by atoms with van der Waals surface area (Å²) in [4.78, 5) is 11.6. The van der Waals surface area contributed by atoms with Crippen LogP contribution in [0.25, 0.3) is 0 Å². The molecule has 0 bridgehead atoms. The van der Waals surface area contributed by atoms with Crippen LogP contribution in [0, 0.1) is 5.41 Å². The van der Waals surface area contributed by atoms with Crippen LogP contribution in [-0.2, 0) is 9.53 Å². The first kappa shape index (κ1) is 15.2. The van der Waals surface area contributed by atoms with E-state index in [-0.39, 0.29) is 17.0 Å². The molecule has 1 unspecified atom stereocenters. The summed E-state index contributed by atoms with van der Waals surface area (Å²) in [5, 5.41) is 0. The topological polar surface area (TPSA) is 26.3 Å². The van der Waals surface area contributed by atoms with Gasteiger partial charge in [0.05, 0.1) is 0 Å².